The number of aliphatic hydroxyl groups is 2. The first-order chi connectivity index (χ1) is 22.0. The fourth-order valence-electron chi connectivity index (χ4n) is 3.83. The van der Waals surface area contributed by atoms with Crippen molar-refractivity contribution in [3.63, 3.8) is 0 Å². The standard InChI is InChI=1S/C19H25N3O3.C16H20N2O3/c1-5-25-19(24)17(21-20-15-10-11-15)18(23)16(12-22(3)4)14-8-6-13(2)7-9-14;1-3-21-16(20)15(18-17-13-8-9-13)14(19)10-12-6-4-11(2)5-7-12/h6-9,12,15,23H,5,10-11H2,1-4H3;4-7,13,19H,3,8-10H2,1-2H3/b16-12+,18-17?,21-20?;. The van der Waals surface area contributed by atoms with Crippen molar-refractivity contribution >= 4 is 17.5 Å². The molecule has 2 fully saturated rings. The first-order valence-electron chi connectivity index (χ1n) is 15.5. The van der Waals surface area contributed by atoms with Crippen LogP contribution in [0.3, 0.4) is 0 Å². The topological polar surface area (TPSA) is 146 Å². The van der Waals surface area contributed by atoms with E-state index in [0.29, 0.717) is 5.57 Å². The van der Waals surface area contributed by atoms with Crippen LogP contribution in [0.1, 0.15) is 61.8 Å². The SMILES string of the molecule is CCOC(=O)C(N=NC1CC1)=C(O)/C(=C/N(C)C)c1ccc(C)cc1.CCOC(=O)C(N=NC1CC1)=C(O)Cc1ccc(C)cc1. The van der Waals surface area contributed by atoms with E-state index in [4.69, 9.17) is 9.47 Å². The Bertz CT molecular complexity index is 1480. The Balaban J connectivity index is 0.000000254. The number of nitrogens with zero attached hydrogens (tertiary/aromatic N) is 5. The van der Waals surface area contributed by atoms with Gasteiger partial charge in [-0.1, -0.05) is 59.7 Å². The summed E-state index contributed by atoms with van der Waals surface area (Å²) < 4.78 is 9.96. The van der Waals surface area contributed by atoms with Crippen LogP contribution in [0.2, 0.25) is 0 Å². The lowest BCUT2D eigenvalue weighted by Gasteiger charge is -2.14. The average molecular weight is 632 g/mol. The van der Waals surface area contributed by atoms with Crippen LogP contribution in [0, 0.1) is 13.8 Å². The Labute approximate surface area is 271 Å². The summed E-state index contributed by atoms with van der Waals surface area (Å²) in [7, 11) is 3.69. The summed E-state index contributed by atoms with van der Waals surface area (Å²) in [5.41, 5.74) is 4.16. The summed E-state index contributed by atoms with van der Waals surface area (Å²) in [4.78, 5) is 25.9. The van der Waals surface area contributed by atoms with Crippen molar-refractivity contribution in [2.45, 2.75) is 71.9 Å². The minimum atomic E-state index is -0.679. The second-order valence-corrected chi connectivity index (χ2v) is 11.4. The van der Waals surface area contributed by atoms with E-state index in [1.165, 1.54) is 0 Å². The molecule has 0 radical (unpaired) electrons. The molecule has 2 saturated carbocycles. The number of rotatable bonds is 13. The van der Waals surface area contributed by atoms with Crippen LogP contribution in [0.5, 0.6) is 0 Å². The molecule has 0 heterocycles. The van der Waals surface area contributed by atoms with E-state index in [1.807, 2.05) is 76.5 Å². The molecule has 2 N–H and O–H groups in total. The summed E-state index contributed by atoms with van der Waals surface area (Å²) >= 11 is 0. The summed E-state index contributed by atoms with van der Waals surface area (Å²) in [6, 6.07) is 15.7. The molecule has 2 aliphatic carbocycles. The third-order valence-electron chi connectivity index (χ3n) is 6.67. The molecule has 46 heavy (non-hydrogen) atoms. The molecule has 0 aliphatic heterocycles. The number of azo groups is 2. The van der Waals surface area contributed by atoms with E-state index in [2.05, 4.69) is 20.5 Å². The maximum absolute atomic E-state index is 12.3. The summed E-state index contributed by atoms with van der Waals surface area (Å²) in [5.74, 6) is -1.66. The fraction of sp³-hybridized carbons (Fsp3) is 0.429. The van der Waals surface area contributed by atoms with Gasteiger partial charge >= 0.3 is 11.9 Å². The van der Waals surface area contributed by atoms with E-state index < -0.39 is 11.9 Å². The van der Waals surface area contributed by atoms with Gasteiger partial charge in [-0.3, -0.25) is 0 Å². The lowest BCUT2D eigenvalue weighted by molar-refractivity contribution is -0.139. The monoisotopic (exact) mass is 631 g/mol. The lowest BCUT2D eigenvalue weighted by atomic mass is 10.0. The number of allylic oxidation sites excluding steroid dienone is 2. The summed E-state index contributed by atoms with van der Waals surface area (Å²) in [6.07, 6.45) is 5.86. The number of carbonyl (C=O) groups excluding carboxylic acids is 2. The van der Waals surface area contributed by atoms with Crippen molar-refractivity contribution in [1.82, 2.24) is 4.90 Å². The number of aliphatic hydroxyl groups excluding tert-OH is 2. The Morgan fingerprint density at radius 3 is 1.70 bits per heavy atom. The predicted octanol–water partition coefficient (Wildman–Crippen LogP) is 7.33. The molecular formula is C35H45N5O6. The lowest BCUT2D eigenvalue weighted by Crippen LogP contribution is -2.11. The number of ether oxygens (including phenoxy) is 2. The van der Waals surface area contributed by atoms with Crippen molar-refractivity contribution in [3.05, 3.63) is 99.9 Å². The summed E-state index contributed by atoms with van der Waals surface area (Å²) in [6.45, 7) is 7.84. The van der Waals surface area contributed by atoms with Gasteiger partial charge in [0.2, 0.25) is 11.4 Å². The molecule has 4 rings (SSSR count). The molecule has 0 aromatic heterocycles. The highest BCUT2D eigenvalue weighted by atomic mass is 16.5. The quantitative estimate of drug-likeness (QED) is 0.0774. The molecule has 0 amide bonds. The van der Waals surface area contributed by atoms with Gasteiger partial charge < -0.3 is 24.6 Å². The van der Waals surface area contributed by atoms with Crippen LogP contribution in [0.25, 0.3) is 5.57 Å². The van der Waals surface area contributed by atoms with Crippen molar-refractivity contribution in [3.8, 4) is 0 Å². The molecule has 2 aliphatic rings. The number of hydrogen-bond acceptors (Lipinski definition) is 11. The van der Waals surface area contributed by atoms with E-state index >= 15 is 0 Å². The van der Waals surface area contributed by atoms with Gasteiger partial charge in [-0.25, -0.2) is 9.59 Å². The van der Waals surface area contributed by atoms with Crippen LogP contribution in [0.4, 0.5) is 0 Å². The van der Waals surface area contributed by atoms with Gasteiger partial charge in [0.05, 0.1) is 25.3 Å². The average Bonchev–Trinajstić information content (AvgIpc) is 3.95. The Morgan fingerprint density at radius 2 is 1.24 bits per heavy atom. The molecule has 11 nitrogen and oxygen atoms in total. The zero-order valence-electron chi connectivity index (χ0n) is 27.6. The molecule has 0 spiro atoms. The normalized spacial score (nSPS) is 15.9. The van der Waals surface area contributed by atoms with E-state index in [-0.39, 0.29) is 54.6 Å². The largest absolute Gasteiger partial charge is 0.509 e. The number of benzene rings is 2. The van der Waals surface area contributed by atoms with Gasteiger partial charge in [0.15, 0.2) is 5.76 Å². The van der Waals surface area contributed by atoms with Crippen molar-refractivity contribution < 1.29 is 29.3 Å². The number of carbonyl (C=O) groups is 2. The van der Waals surface area contributed by atoms with Gasteiger partial charge in [-0.15, -0.1) is 10.2 Å². The Hall–Kier alpha value is -4.80. The van der Waals surface area contributed by atoms with Crippen LogP contribution in [-0.4, -0.2) is 66.4 Å². The predicted molar refractivity (Wildman–Crippen MR) is 176 cm³/mol. The van der Waals surface area contributed by atoms with Gasteiger partial charge in [0, 0.05) is 32.3 Å². The Morgan fingerprint density at radius 1 is 0.783 bits per heavy atom. The fourth-order valence-corrected chi connectivity index (χ4v) is 3.83. The molecule has 246 valence electrons. The van der Waals surface area contributed by atoms with Gasteiger partial charge in [-0.2, -0.15) is 10.2 Å². The van der Waals surface area contributed by atoms with Crippen LogP contribution in [0.15, 0.2) is 98.1 Å². The first kappa shape index (κ1) is 35.7. The van der Waals surface area contributed by atoms with E-state index in [9.17, 15) is 19.8 Å². The van der Waals surface area contributed by atoms with Crippen molar-refractivity contribution in [2.24, 2.45) is 20.5 Å². The molecule has 2 aromatic rings. The second-order valence-electron chi connectivity index (χ2n) is 11.4. The molecule has 2 aromatic carbocycles. The van der Waals surface area contributed by atoms with Crippen molar-refractivity contribution in [2.75, 3.05) is 27.3 Å². The highest BCUT2D eigenvalue weighted by Crippen LogP contribution is 2.29. The highest BCUT2D eigenvalue weighted by Gasteiger charge is 2.25. The van der Waals surface area contributed by atoms with E-state index in [1.54, 1.807) is 24.9 Å². The minimum Gasteiger partial charge on any atom is -0.509 e. The Kier molecular flexibility index (Phi) is 13.7. The zero-order chi connectivity index (χ0) is 33.6. The number of esters is 2. The molecule has 0 atom stereocenters. The van der Waals surface area contributed by atoms with Crippen LogP contribution < -0.4 is 0 Å². The molecule has 0 unspecified atom stereocenters. The van der Waals surface area contributed by atoms with Crippen LogP contribution in [-0.2, 0) is 25.5 Å². The zero-order valence-corrected chi connectivity index (χ0v) is 27.6. The molecular weight excluding hydrogens is 586 g/mol. The van der Waals surface area contributed by atoms with Gasteiger partial charge in [-0.05, 0) is 64.5 Å². The molecule has 11 heteroatoms. The third-order valence-corrected chi connectivity index (χ3v) is 6.67. The van der Waals surface area contributed by atoms with Crippen molar-refractivity contribution in [1.29, 1.82) is 0 Å². The van der Waals surface area contributed by atoms with Crippen LogP contribution >= 0.6 is 0 Å². The molecule has 0 saturated heterocycles. The van der Waals surface area contributed by atoms with E-state index in [0.717, 1.165) is 47.9 Å². The smallest absolute Gasteiger partial charge is 0.362 e. The minimum absolute atomic E-state index is 0.0932. The first-order valence-corrected chi connectivity index (χ1v) is 15.5. The number of hydrogen-bond donors (Lipinski definition) is 2. The molecule has 0 bridgehead atoms. The number of aryl methyl sites for hydroxylation is 2. The second kappa shape index (κ2) is 17.6. The maximum Gasteiger partial charge on any atom is 0.362 e. The van der Waals surface area contributed by atoms with Gasteiger partial charge in [0.25, 0.3) is 0 Å². The van der Waals surface area contributed by atoms with Gasteiger partial charge in [0.1, 0.15) is 5.76 Å². The highest BCUT2D eigenvalue weighted by molar-refractivity contribution is 5.93. The maximum atomic E-state index is 12.3. The summed E-state index contributed by atoms with van der Waals surface area (Å²) in [5, 5.41) is 37.0. The third kappa shape index (κ3) is 11.9.